The van der Waals surface area contributed by atoms with Crippen LogP contribution in [0.1, 0.15) is 23.3 Å². The summed E-state index contributed by atoms with van der Waals surface area (Å²) >= 11 is 0. The second-order valence-electron chi connectivity index (χ2n) is 4.75. The van der Waals surface area contributed by atoms with E-state index in [2.05, 4.69) is 10.3 Å². The molecule has 2 rings (SSSR count). The van der Waals surface area contributed by atoms with E-state index in [1.807, 2.05) is 0 Å². The Labute approximate surface area is 119 Å². The van der Waals surface area contributed by atoms with Crippen LogP contribution in [-0.2, 0) is 4.79 Å². The van der Waals surface area contributed by atoms with Crippen molar-refractivity contribution in [3.05, 3.63) is 30.1 Å². The van der Waals surface area contributed by atoms with Gasteiger partial charge in [0, 0.05) is 25.3 Å². The van der Waals surface area contributed by atoms with Crippen molar-refractivity contribution in [1.82, 2.24) is 15.2 Å². The number of hydrogen-bond donors (Lipinski definition) is 1. The molecule has 1 N–H and O–H groups in total. The summed E-state index contributed by atoms with van der Waals surface area (Å²) in [5.74, 6) is -2.19. The van der Waals surface area contributed by atoms with E-state index in [0.29, 0.717) is 12.8 Å². The molecule has 8 heteroatoms. The Kier molecular flexibility index (Phi) is 4.44. The van der Waals surface area contributed by atoms with Gasteiger partial charge in [-0.3, -0.25) is 14.6 Å². The van der Waals surface area contributed by atoms with Crippen LogP contribution in [-0.4, -0.2) is 47.0 Å². The van der Waals surface area contributed by atoms with Crippen LogP contribution < -0.4 is 5.32 Å². The van der Waals surface area contributed by atoms with E-state index in [1.54, 1.807) is 18.2 Å². The number of nitrogens with one attached hydrogen (secondary N) is 1. The maximum atomic E-state index is 12.3. The van der Waals surface area contributed by atoms with Gasteiger partial charge in [0.25, 0.3) is 5.91 Å². The first-order valence-electron chi connectivity index (χ1n) is 6.46. The number of piperidine rings is 1. The number of hydrogen-bond acceptors (Lipinski definition) is 3. The van der Waals surface area contributed by atoms with E-state index in [4.69, 9.17) is 0 Å². The monoisotopic (exact) mass is 301 g/mol. The quantitative estimate of drug-likeness (QED) is 0.897. The van der Waals surface area contributed by atoms with Crippen LogP contribution in [0.25, 0.3) is 0 Å². The minimum absolute atomic E-state index is 0.0223. The third-order valence-electron chi connectivity index (χ3n) is 3.26. The van der Waals surface area contributed by atoms with E-state index in [9.17, 15) is 22.8 Å². The maximum Gasteiger partial charge on any atom is 0.471 e. The van der Waals surface area contributed by atoms with Gasteiger partial charge in [-0.25, -0.2) is 0 Å². The molecule has 2 amide bonds. The zero-order valence-corrected chi connectivity index (χ0v) is 11.1. The number of carbonyl (C=O) groups is 2. The van der Waals surface area contributed by atoms with Gasteiger partial charge in [0.2, 0.25) is 0 Å². The molecule has 0 saturated carbocycles. The molecule has 21 heavy (non-hydrogen) atoms. The maximum absolute atomic E-state index is 12.3. The Morgan fingerprint density at radius 3 is 2.43 bits per heavy atom. The Hall–Kier alpha value is -2.12. The van der Waals surface area contributed by atoms with E-state index < -0.39 is 12.1 Å². The highest BCUT2D eigenvalue weighted by molar-refractivity contribution is 5.92. The molecule has 1 saturated heterocycles. The lowest BCUT2D eigenvalue weighted by molar-refractivity contribution is -0.186. The van der Waals surface area contributed by atoms with Gasteiger partial charge in [0.1, 0.15) is 5.69 Å². The van der Waals surface area contributed by atoms with Crippen molar-refractivity contribution in [3.63, 3.8) is 0 Å². The lowest BCUT2D eigenvalue weighted by Gasteiger charge is -2.32. The first-order valence-corrected chi connectivity index (χ1v) is 6.46. The predicted octanol–water partition coefficient (Wildman–Crippen LogP) is 1.36. The predicted molar refractivity (Wildman–Crippen MR) is 67.4 cm³/mol. The van der Waals surface area contributed by atoms with E-state index >= 15 is 0 Å². The second kappa shape index (κ2) is 6.11. The van der Waals surface area contributed by atoms with Gasteiger partial charge in [0.05, 0.1) is 0 Å². The highest BCUT2D eigenvalue weighted by Crippen LogP contribution is 2.21. The average Bonchev–Trinajstić information content (AvgIpc) is 2.47. The van der Waals surface area contributed by atoms with Gasteiger partial charge in [0.15, 0.2) is 0 Å². The molecule has 114 valence electrons. The molecule has 1 aromatic heterocycles. The molecule has 1 aliphatic heterocycles. The third kappa shape index (κ3) is 3.93. The largest absolute Gasteiger partial charge is 0.471 e. The van der Waals surface area contributed by atoms with Gasteiger partial charge in [-0.05, 0) is 25.0 Å². The number of amides is 2. The van der Waals surface area contributed by atoms with Crippen LogP contribution in [0, 0.1) is 0 Å². The molecule has 2 heterocycles. The van der Waals surface area contributed by atoms with Crippen molar-refractivity contribution in [3.8, 4) is 0 Å². The zero-order chi connectivity index (χ0) is 15.5. The van der Waals surface area contributed by atoms with Gasteiger partial charge in [-0.1, -0.05) is 6.07 Å². The van der Waals surface area contributed by atoms with Gasteiger partial charge in [-0.15, -0.1) is 0 Å². The standard InChI is InChI=1S/C13H14F3N3O2/c14-13(15,16)12(21)19-7-4-9(5-8-19)18-11(20)10-3-1-2-6-17-10/h1-3,6,9H,4-5,7-8H2,(H,18,20). The molecule has 0 bridgehead atoms. The topological polar surface area (TPSA) is 62.3 Å². The normalized spacial score (nSPS) is 16.6. The molecule has 0 radical (unpaired) electrons. The number of nitrogens with zero attached hydrogens (tertiary/aromatic N) is 2. The van der Waals surface area contributed by atoms with E-state index in [-0.39, 0.29) is 30.7 Å². The summed E-state index contributed by atoms with van der Waals surface area (Å²) in [7, 11) is 0. The third-order valence-corrected chi connectivity index (χ3v) is 3.26. The van der Waals surface area contributed by atoms with Crippen LogP contribution in [0.2, 0.25) is 0 Å². The summed E-state index contributed by atoms with van der Waals surface area (Å²) in [5.41, 5.74) is 0.256. The molecule has 0 aromatic carbocycles. The number of pyridine rings is 1. The van der Waals surface area contributed by atoms with Crippen LogP contribution in [0.3, 0.4) is 0 Å². The van der Waals surface area contributed by atoms with Crippen LogP contribution in [0.15, 0.2) is 24.4 Å². The number of likely N-dealkylation sites (tertiary alicyclic amines) is 1. The first kappa shape index (κ1) is 15.3. The van der Waals surface area contributed by atoms with Gasteiger partial charge in [-0.2, -0.15) is 13.2 Å². The van der Waals surface area contributed by atoms with E-state index in [0.717, 1.165) is 4.90 Å². The molecule has 1 aromatic rings. The van der Waals surface area contributed by atoms with Crippen molar-refractivity contribution >= 4 is 11.8 Å². The summed E-state index contributed by atoms with van der Waals surface area (Å²) < 4.78 is 36.9. The zero-order valence-electron chi connectivity index (χ0n) is 11.1. The molecule has 0 spiro atoms. The highest BCUT2D eigenvalue weighted by atomic mass is 19.4. The van der Waals surface area contributed by atoms with Crippen LogP contribution >= 0.6 is 0 Å². The smallest absolute Gasteiger partial charge is 0.348 e. The summed E-state index contributed by atoms with van der Waals surface area (Å²) in [6, 6.07) is 4.65. The van der Waals surface area contributed by atoms with Crippen molar-refractivity contribution < 1.29 is 22.8 Å². The van der Waals surface area contributed by atoms with Crippen molar-refractivity contribution in [2.75, 3.05) is 13.1 Å². The molecular formula is C13H14F3N3O2. The number of alkyl halides is 3. The van der Waals surface area contributed by atoms with Gasteiger partial charge < -0.3 is 10.2 Å². The summed E-state index contributed by atoms with van der Waals surface area (Å²) in [6.45, 7) is -0.0446. The van der Waals surface area contributed by atoms with Crippen molar-refractivity contribution in [1.29, 1.82) is 0 Å². The van der Waals surface area contributed by atoms with Crippen molar-refractivity contribution in [2.24, 2.45) is 0 Å². The first-order chi connectivity index (χ1) is 9.88. The molecule has 0 unspecified atom stereocenters. The molecule has 0 aliphatic carbocycles. The number of aromatic nitrogens is 1. The number of carbonyl (C=O) groups excluding carboxylic acids is 2. The Bertz CT molecular complexity index is 511. The SMILES string of the molecule is O=C(NC1CCN(C(=O)C(F)(F)F)CC1)c1ccccn1. The molecular weight excluding hydrogens is 287 g/mol. The highest BCUT2D eigenvalue weighted by Gasteiger charge is 2.43. The molecule has 0 atom stereocenters. The Balaban J connectivity index is 1.85. The molecule has 1 fully saturated rings. The summed E-state index contributed by atoms with van der Waals surface area (Å²) in [6.07, 6.45) is -2.77. The lowest BCUT2D eigenvalue weighted by atomic mass is 10.0. The fraction of sp³-hybridized carbons (Fsp3) is 0.462. The fourth-order valence-corrected chi connectivity index (χ4v) is 2.16. The summed E-state index contributed by atoms with van der Waals surface area (Å²) in [4.78, 5) is 27.6. The minimum atomic E-state index is -4.84. The van der Waals surface area contributed by atoms with Gasteiger partial charge >= 0.3 is 12.1 Å². The Morgan fingerprint density at radius 2 is 1.90 bits per heavy atom. The molecule has 5 nitrogen and oxygen atoms in total. The average molecular weight is 301 g/mol. The minimum Gasteiger partial charge on any atom is -0.348 e. The number of halogens is 3. The molecule has 1 aliphatic rings. The number of rotatable bonds is 2. The van der Waals surface area contributed by atoms with Crippen LogP contribution in [0.4, 0.5) is 13.2 Å². The Morgan fingerprint density at radius 1 is 1.24 bits per heavy atom. The van der Waals surface area contributed by atoms with E-state index in [1.165, 1.54) is 6.20 Å². The van der Waals surface area contributed by atoms with Crippen LogP contribution in [0.5, 0.6) is 0 Å². The lowest BCUT2D eigenvalue weighted by Crippen LogP contribution is -2.50. The van der Waals surface area contributed by atoms with Crippen molar-refractivity contribution in [2.45, 2.75) is 25.1 Å². The summed E-state index contributed by atoms with van der Waals surface area (Å²) in [5, 5.41) is 2.71. The fourth-order valence-electron chi connectivity index (χ4n) is 2.16. The second-order valence-corrected chi connectivity index (χ2v) is 4.75.